The number of nitrogens with one attached hydrogen (secondary N) is 1. The Bertz CT molecular complexity index is 310. The number of carbonyl (C=O) groups is 1. The molecule has 0 heterocycles. The lowest BCUT2D eigenvalue weighted by molar-refractivity contribution is -0.136. The number of carboxylic acids is 1. The van der Waals surface area contributed by atoms with Gasteiger partial charge in [0.25, 0.3) is 0 Å². The van der Waals surface area contributed by atoms with E-state index < -0.39 is 5.97 Å². The molecule has 1 aromatic rings. The van der Waals surface area contributed by atoms with Crippen molar-refractivity contribution in [3.8, 4) is 0 Å². The molecular formula is C10H12INO2. The summed E-state index contributed by atoms with van der Waals surface area (Å²) in [7, 11) is 0. The van der Waals surface area contributed by atoms with Crippen molar-refractivity contribution >= 4 is 28.6 Å². The molecule has 0 radical (unpaired) electrons. The third-order valence-electron chi connectivity index (χ3n) is 1.93. The van der Waals surface area contributed by atoms with Crippen LogP contribution in [0.1, 0.15) is 18.5 Å². The molecule has 2 N–H and O–H groups in total. The van der Waals surface area contributed by atoms with Crippen molar-refractivity contribution in [2.75, 3.05) is 6.54 Å². The molecule has 4 heteroatoms. The fourth-order valence-corrected chi connectivity index (χ4v) is 1.47. The molecule has 0 aromatic heterocycles. The summed E-state index contributed by atoms with van der Waals surface area (Å²) >= 11 is 2.24. The van der Waals surface area contributed by atoms with Crippen LogP contribution in [0.5, 0.6) is 0 Å². The van der Waals surface area contributed by atoms with Crippen LogP contribution in [0, 0.1) is 3.57 Å². The number of hydrogen-bond donors (Lipinski definition) is 2. The van der Waals surface area contributed by atoms with E-state index in [0.717, 1.165) is 5.56 Å². The van der Waals surface area contributed by atoms with Gasteiger partial charge in [0.05, 0.1) is 6.54 Å². The van der Waals surface area contributed by atoms with Crippen LogP contribution in [0.15, 0.2) is 24.3 Å². The Labute approximate surface area is 96.7 Å². The Hall–Kier alpha value is -0.620. The molecule has 0 aliphatic rings. The highest BCUT2D eigenvalue weighted by Gasteiger charge is 2.05. The molecule has 0 aliphatic heterocycles. The van der Waals surface area contributed by atoms with Gasteiger partial charge in [0.1, 0.15) is 0 Å². The third kappa shape index (κ3) is 3.63. The number of hydrogen-bond acceptors (Lipinski definition) is 2. The molecule has 0 fully saturated rings. The van der Waals surface area contributed by atoms with Crippen molar-refractivity contribution in [3.63, 3.8) is 0 Å². The first-order chi connectivity index (χ1) is 6.59. The molecular weight excluding hydrogens is 293 g/mol. The fourth-order valence-electron chi connectivity index (χ4n) is 1.11. The van der Waals surface area contributed by atoms with Crippen LogP contribution in [-0.2, 0) is 4.79 Å². The van der Waals surface area contributed by atoms with Crippen LogP contribution in [-0.4, -0.2) is 17.6 Å². The summed E-state index contributed by atoms with van der Waals surface area (Å²) in [4.78, 5) is 10.3. The molecule has 0 saturated heterocycles. The van der Waals surface area contributed by atoms with E-state index in [0.29, 0.717) is 0 Å². The summed E-state index contributed by atoms with van der Waals surface area (Å²) in [6.45, 7) is 1.94. The van der Waals surface area contributed by atoms with E-state index in [9.17, 15) is 4.79 Å². The highest BCUT2D eigenvalue weighted by molar-refractivity contribution is 14.1. The van der Waals surface area contributed by atoms with Gasteiger partial charge in [-0.1, -0.05) is 12.1 Å². The average Bonchev–Trinajstić information content (AvgIpc) is 2.15. The van der Waals surface area contributed by atoms with E-state index in [-0.39, 0.29) is 12.6 Å². The summed E-state index contributed by atoms with van der Waals surface area (Å²) in [6.07, 6.45) is 0. The molecule has 0 amide bonds. The molecule has 14 heavy (non-hydrogen) atoms. The van der Waals surface area contributed by atoms with Crippen LogP contribution in [0.4, 0.5) is 0 Å². The van der Waals surface area contributed by atoms with E-state index in [2.05, 4.69) is 27.9 Å². The van der Waals surface area contributed by atoms with Crippen LogP contribution >= 0.6 is 22.6 Å². The minimum atomic E-state index is -0.831. The van der Waals surface area contributed by atoms with Crippen molar-refractivity contribution in [1.82, 2.24) is 5.32 Å². The van der Waals surface area contributed by atoms with E-state index in [1.165, 1.54) is 3.57 Å². The third-order valence-corrected chi connectivity index (χ3v) is 2.65. The minimum Gasteiger partial charge on any atom is -0.480 e. The molecule has 3 nitrogen and oxygen atoms in total. The summed E-state index contributed by atoms with van der Waals surface area (Å²) in [6, 6.07) is 8.09. The van der Waals surface area contributed by atoms with Gasteiger partial charge < -0.3 is 10.4 Å². The van der Waals surface area contributed by atoms with Crippen molar-refractivity contribution in [2.45, 2.75) is 13.0 Å². The van der Waals surface area contributed by atoms with E-state index in [1.54, 1.807) is 0 Å². The smallest absolute Gasteiger partial charge is 0.317 e. The van der Waals surface area contributed by atoms with Gasteiger partial charge in [-0.15, -0.1) is 0 Å². The normalized spacial score (nSPS) is 12.4. The molecule has 0 spiro atoms. The average molecular weight is 305 g/mol. The Morgan fingerprint density at radius 1 is 1.50 bits per heavy atom. The predicted octanol–water partition coefficient (Wildman–Crippen LogP) is 2.03. The first kappa shape index (κ1) is 11.5. The quantitative estimate of drug-likeness (QED) is 0.837. The topological polar surface area (TPSA) is 49.3 Å². The molecule has 1 rings (SSSR count). The maximum atomic E-state index is 10.3. The van der Waals surface area contributed by atoms with Crippen molar-refractivity contribution in [1.29, 1.82) is 0 Å². The van der Waals surface area contributed by atoms with Crippen molar-refractivity contribution in [2.24, 2.45) is 0 Å². The number of halogens is 1. The second kappa shape index (κ2) is 5.31. The second-order valence-corrected chi connectivity index (χ2v) is 4.29. The largest absolute Gasteiger partial charge is 0.480 e. The standard InChI is InChI=1S/C10H12INO2/c1-7(12-6-10(13)14)8-2-4-9(11)5-3-8/h2-5,7,12H,6H2,1H3,(H,13,14). The molecule has 0 aliphatic carbocycles. The van der Waals surface area contributed by atoms with Gasteiger partial charge in [-0.05, 0) is 47.2 Å². The summed E-state index contributed by atoms with van der Waals surface area (Å²) in [5.74, 6) is -0.831. The SMILES string of the molecule is CC(NCC(=O)O)c1ccc(I)cc1. The molecule has 1 aromatic carbocycles. The predicted molar refractivity (Wildman–Crippen MR) is 63.2 cm³/mol. The summed E-state index contributed by atoms with van der Waals surface area (Å²) in [5.41, 5.74) is 1.10. The molecule has 1 atom stereocenters. The van der Waals surface area contributed by atoms with Gasteiger partial charge >= 0.3 is 5.97 Å². The van der Waals surface area contributed by atoms with E-state index in [4.69, 9.17) is 5.11 Å². The lowest BCUT2D eigenvalue weighted by Crippen LogP contribution is -2.25. The van der Waals surface area contributed by atoms with Crippen LogP contribution in [0.3, 0.4) is 0 Å². The highest BCUT2D eigenvalue weighted by Crippen LogP contribution is 2.13. The number of carboxylic acid groups (broad SMARTS) is 1. The van der Waals surface area contributed by atoms with Gasteiger partial charge in [0.15, 0.2) is 0 Å². The molecule has 1 unspecified atom stereocenters. The fraction of sp³-hybridized carbons (Fsp3) is 0.300. The van der Waals surface area contributed by atoms with Crippen LogP contribution in [0.25, 0.3) is 0 Å². The highest BCUT2D eigenvalue weighted by atomic mass is 127. The Morgan fingerprint density at radius 2 is 2.07 bits per heavy atom. The zero-order valence-electron chi connectivity index (χ0n) is 7.83. The maximum absolute atomic E-state index is 10.3. The van der Waals surface area contributed by atoms with Crippen molar-refractivity contribution in [3.05, 3.63) is 33.4 Å². The van der Waals surface area contributed by atoms with Crippen LogP contribution in [0.2, 0.25) is 0 Å². The summed E-state index contributed by atoms with van der Waals surface area (Å²) < 4.78 is 1.18. The number of aliphatic carboxylic acids is 1. The minimum absolute atomic E-state index is 0.00679. The summed E-state index contributed by atoms with van der Waals surface area (Å²) in [5, 5.41) is 11.4. The first-order valence-electron chi connectivity index (χ1n) is 4.30. The molecule has 76 valence electrons. The van der Waals surface area contributed by atoms with E-state index in [1.807, 2.05) is 31.2 Å². The van der Waals surface area contributed by atoms with E-state index >= 15 is 0 Å². The zero-order valence-corrected chi connectivity index (χ0v) is 9.98. The monoisotopic (exact) mass is 305 g/mol. The zero-order chi connectivity index (χ0) is 10.6. The second-order valence-electron chi connectivity index (χ2n) is 3.05. The molecule has 0 bridgehead atoms. The number of benzene rings is 1. The van der Waals surface area contributed by atoms with Gasteiger partial charge in [0, 0.05) is 9.61 Å². The van der Waals surface area contributed by atoms with Gasteiger partial charge in [-0.3, -0.25) is 4.79 Å². The lowest BCUT2D eigenvalue weighted by Gasteiger charge is -2.12. The Morgan fingerprint density at radius 3 is 2.57 bits per heavy atom. The van der Waals surface area contributed by atoms with Gasteiger partial charge in [0.2, 0.25) is 0 Å². The maximum Gasteiger partial charge on any atom is 0.317 e. The van der Waals surface area contributed by atoms with Gasteiger partial charge in [-0.2, -0.15) is 0 Å². The van der Waals surface area contributed by atoms with Crippen molar-refractivity contribution < 1.29 is 9.90 Å². The molecule has 0 saturated carbocycles. The Kier molecular flexibility index (Phi) is 4.34. The Balaban J connectivity index is 2.56. The van der Waals surface area contributed by atoms with Gasteiger partial charge in [-0.25, -0.2) is 0 Å². The number of rotatable bonds is 4. The lowest BCUT2D eigenvalue weighted by atomic mass is 10.1. The first-order valence-corrected chi connectivity index (χ1v) is 5.38. The van der Waals surface area contributed by atoms with Crippen LogP contribution < -0.4 is 5.32 Å².